The summed E-state index contributed by atoms with van der Waals surface area (Å²) in [6, 6.07) is 7.72. The van der Waals surface area contributed by atoms with Crippen molar-refractivity contribution in [3.05, 3.63) is 42.0 Å². The Bertz CT molecular complexity index is 419. The Hall–Kier alpha value is -1.57. The Labute approximate surface area is 109 Å². The van der Waals surface area contributed by atoms with E-state index in [1.54, 1.807) is 6.92 Å². The highest BCUT2D eigenvalue weighted by Gasteiger charge is 2.07. The Kier molecular flexibility index (Phi) is 4.57. The second-order valence-electron chi connectivity index (χ2n) is 4.97. The monoisotopic (exact) mass is 243 g/mol. The van der Waals surface area contributed by atoms with E-state index in [1.165, 1.54) is 25.7 Å². The summed E-state index contributed by atoms with van der Waals surface area (Å²) in [5, 5.41) is 3.41. The van der Waals surface area contributed by atoms with Crippen molar-refractivity contribution in [3.63, 3.8) is 0 Å². The van der Waals surface area contributed by atoms with Crippen molar-refractivity contribution >= 4 is 11.5 Å². The van der Waals surface area contributed by atoms with Crippen LogP contribution < -0.4 is 5.32 Å². The number of rotatable bonds is 5. The van der Waals surface area contributed by atoms with E-state index >= 15 is 0 Å². The number of anilines is 1. The van der Waals surface area contributed by atoms with Crippen molar-refractivity contribution in [1.82, 2.24) is 0 Å². The first-order valence-electron chi connectivity index (χ1n) is 6.77. The van der Waals surface area contributed by atoms with Crippen LogP contribution in [0.25, 0.3) is 0 Å². The van der Waals surface area contributed by atoms with Crippen LogP contribution in [0.2, 0.25) is 0 Å². The van der Waals surface area contributed by atoms with Gasteiger partial charge in [0.2, 0.25) is 0 Å². The highest BCUT2D eigenvalue weighted by atomic mass is 16.1. The Balaban J connectivity index is 1.77. The number of allylic oxidation sites excluding steroid dienone is 2. The second-order valence-corrected chi connectivity index (χ2v) is 4.97. The highest BCUT2D eigenvalue weighted by molar-refractivity contribution is 5.94. The van der Waals surface area contributed by atoms with Crippen LogP contribution in [0.15, 0.2) is 36.4 Å². The third kappa shape index (κ3) is 3.73. The molecule has 0 aromatic heterocycles. The molecule has 1 aliphatic carbocycles. The fraction of sp³-hybridized carbons (Fsp3) is 0.438. The topological polar surface area (TPSA) is 29.1 Å². The lowest BCUT2D eigenvalue weighted by molar-refractivity contribution is 0.101. The molecular formula is C16H21NO. The third-order valence-corrected chi connectivity index (χ3v) is 3.49. The minimum Gasteiger partial charge on any atom is -0.385 e. The first kappa shape index (κ1) is 12.9. The lowest BCUT2D eigenvalue weighted by Gasteiger charge is -2.16. The number of Topliss-reactive ketones (excluding diaryl/α,β-unsaturated/α-hetero) is 1. The summed E-state index contributed by atoms with van der Waals surface area (Å²) < 4.78 is 0. The normalized spacial score (nSPS) is 18.6. The van der Waals surface area contributed by atoms with E-state index in [2.05, 4.69) is 17.5 Å². The highest BCUT2D eigenvalue weighted by Crippen LogP contribution is 2.20. The summed E-state index contributed by atoms with van der Waals surface area (Å²) in [6.07, 6.45) is 9.73. The Morgan fingerprint density at radius 3 is 2.72 bits per heavy atom. The van der Waals surface area contributed by atoms with E-state index < -0.39 is 0 Å². The van der Waals surface area contributed by atoms with Crippen molar-refractivity contribution in [2.75, 3.05) is 11.9 Å². The van der Waals surface area contributed by atoms with Crippen molar-refractivity contribution in [2.45, 2.75) is 32.6 Å². The van der Waals surface area contributed by atoms with Gasteiger partial charge in [-0.2, -0.15) is 0 Å². The number of hydrogen-bond donors (Lipinski definition) is 1. The molecular weight excluding hydrogens is 222 g/mol. The Morgan fingerprint density at radius 2 is 2.11 bits per heavy atom. The fourth-order valence-electron chi connectivity index (χ4n) is 2.35. The van der Waals surface area contributed by atoms with E-state index in [-0.39, 0.29) is 5.78 Å². The third-order valence-electron chi connectivity index (χ3n) is 3.49. The lowest BCUT2D eigenvalue weighted by Crippen LogP contribution is -2.09. The van der Waals surface area contributed by atoms with Crippen LogP contribution in [0.1, 0.15) is 43.0 Å². The summed E-state index contributed by atoms with van der Waals surface area (Å²) in [6.45, 7) is 2.59. The first-order valence-corrected chi connectivity index (χ1v) is 6.77. The summed E-state index contributed by atoms with van der Waals surface area (Å²) in [5.41, 5.74) is 1.87. The molecule has 96 valence electrons. The van der Waals surface area contributed by atoms with Gasteiger partial charge in [-0.05, 0) is 62.8 Å². The van der Waals surface area contributed by atoms with Crippen LogP contribution in [-0.2, 0) is 0 Å². The second kappa shape index (κ2) is 6.39. The van der Waals surface area contributed by atoms with E-state index in [9.17, 15) is 4.79 Å². The van der Waals surface area contributed by atoms with Crippen molar-refractivity contribution < 1.29 is 4.79 Å². The molecule has 0 bridgehead atoms. The smallest absolute Gasteiger partial charge is 0.159 e. The van der Waals surface area contributed by atoms with Crippen LogP contribution in [0, 0.1) is 5.92 Å². The average Bonchev–Trinajstić information content (AvgIpc) is 2.40. The van der Waals surface area contributed by atoms with Crippen LogP contribution in [0.5, 0.6) is 0 Å². The van der Waals surface area contributed by atoms with Gasteiger partial charge in [0, 0.05) is 17.8 Å². The van der Waals surface area contributed by atoms with Crippen molar-refractivity contribution in [2.24, 2.45) is 5.92 Å². The van der Waals surface area contributed by atoms with Gasteiger partial charge in [0.25, 0.3) is 0 Å². The van der Waals surface area contributed by atoms with E-state index in [1.807, 2.05) is 24.3 Å². The van der Waals surface area contributed by atoms with E-state index in [4.69, 9.17) is 0 Å². The minimum atomic E-state index is 0.119. The zero-order valence-corrected chi connectivity index (χ0v) is 11.0. The maximum Gasteiger partial charge on any atom is 0.159 e. The fourth-order valence-corrected chi connectivity index (χ4v) is 2.35. The molecule has 0 saturated heterocycles. The zero-order chi connectivity index (χ0) is 12.8. The molecule has 2 heteroatoms. The van der Waals surface area contributed by atoms with Gasteiger partial charge in [-0.3, -0.25) is 4.79 Å². The lowest BCUT2D eigenvalue weighted by atomic mass is 9.93. The predicted octanol–water partition coefficient (Wildman–Crippen LogP) is 4.05. The molecule has 2 nitrogen and oxygen atoms in total. The van der Waals surface area contributed by atoms with Crippen LogP contribution in [-0.4, -0.2) is 12.3 Å². The molecule has 1 N–H and O–H groups in total. The molecule has 1 unspecified atom stereocenters. The molecule has 0 saturated carbocycles. The maximum atomic E-state index is 11.1. The number of ketones is 1. The van der Waals surface area contributed by atoms with Crippen LogP contribution in [0.4, 0.5) is 5.69 Å². The number of carbonyl (C=O) groups is 1. The maximum absolute atomic E-state index is 11.1. The standard InChI is InChI=1S/C16H21NO/c1-13(18)15-7-9-16(10-8-15)17-12-11-14-5-3-2-4-6-14/h3,5,7-10,14,17H,2,4,6,11-12H2,1H3. The predicted molar refractivity (Wildman–Crippen MR) is 76.0 cm³/mol. The number of benzene rings is 1. The van der Waals surface area contributed by atoms with Gasteiger partial charge in [0.05, 0.1) is 0 Å². The minimum absolute atomic E-state index is 0.119. The van der Waals surface area contributed by atoms with Gasteiger partial charge in [-0.25, -0.2) is 0 Å². The van der Waals surface area contributed by atoms with Gasteiger partial charge >= 0.3 is 0 Å². The summed E-state index contributed by atoms with van der Waals surface area (Å²) in [7, 11) is 0. The quantitative estimate of drug-likeness (QED) is 0.624. The molecule has 1 aromatic rings. The number of nitrogens with one attached hydrogen (secondary N) is 1. The molecule has 0 amide bonds. The number of carbonyl (C=O) groups excluding carboxylic acids is 1. The van der Waals surface area contributed by atoms with E-state index in [0.29, 0.717) is 0 Å². The van der Waals surface area contributed by atoms with Crippen molar-refractivity contribution in [3.8, 4) is 0 Å². The largest absolute Gasteiger partial charge is 0.385 e. The molecule has 0 fully saturated rings. The molecule has 1 aromatic carbocycles. The molecule has 1 aliphatic rings. The molecule has 0 aliphatic heterocycles. The SMILES string of the molecule is CC(=O)c1ccc(NCCC2C=CCCC2)cc1. The van der Waals surface area contributed by atoms with E-state index in [0.717, 1.165) is 23.7 Å². The van der Waals surface area contributed by atoms with Crippen LogP contribution in [0.3, 0.4) is 0 Å². The van der Waals surface area contributed by atoms with Crippen LogP contribution >= 0.6 is 0 Å². The molecule has 0 radical (unpaired) electrons. The zero-order valence-electron chi connectivity index (χ0n) is 11.0. The molecule has 18 heavy (non-hydrogen) atoms. The summed E-state index contributed by atoms with van der Waals surface area (Å²) >= 11 is 0. The summed E-state index contributed by atoms with van der Waals surface area (Å²) in [5.74, 6) is 0.858. The molecule has 0 heterocycles. The Morgan fingerprint density at radius 1 is 1.33 bits per heavy atom. The van der Waals surface area contributed by atoms with Gasteiger partial charge < -0.3 is 5.32 Å². The molecule has 0 spiro atoms. The number of hydrogen-bond acceptors (Lipinski definition) is 2. The van der Waals surface area contributed by atoms with Gasteiger partial charge in [0.1, 0.15) is 0 Å². The molecule has 2 rings (SSSR count). The van der Waals surface area contributed by atoms with Crippen molar-refractivity contribution in [1.29, 1.82) is 0 Å². The summed E-state index contributed by atoms with van der Waals surface area (Å²) in [4.78, 5) is 11.1. The van der Waals surface area contributed by atoms with Gasteiger partial charge in [0.15, 0.2) is 5.78 Å². The van der Waals surface area contributed by atoms with Gasteiger partial charge in [-0.15, -0.1) is 0 Å². The first-order chi connectivity index (χ1) is 8.75. The molecule has 1 atom stereocenters. The average molecular weight is 243 g/mol. The van der Waals surface area contributed by atoms with Gasteiger partial charge in [-0.1, -0.05) is 12.2 Å².